The van der Waals surface area contributed by atoms with E-state index in [4.69, 9.17) is 10.5 Å². The van der Waals surface area contributed by atoms with Crippen LogP contribution in [0.1, 0.15) is 34.1 Å². The van der Waals surface area contributed by atoms with Crippen LogP contribution < -0.4 is 0 Å². The van der Waals surface area contributed by atoms with Crippen molar-refractivity contribution in [2.75, 3.05) is 0 Å². The van der Waals surface area contributed by atoms with Crippen LogP contribution in [-0.4, -0.2) is 11.4 Å². The Kier molecular flexibility index (Phi) is 3.01. The number of nitrogens with zero attached hydrogens (tertiary/aromatic N) is 4. The lowest BCUT2D eigenvalue weighted by Crippen LogP contribution is -2.35. The van der Waals surface area contributed by atoms with Gasteiger partial charge in [0, 0.05) is 11.8 Å². The third-order valence-corrected chi connectivity index (χ3v) is 5.40. The van der Waals surface area contributed by atoms with E-state index in [9.17, 15) is 0 Å². The van der Waals surface area contributed by atoms with Crippen molar-refractivity contribution >= 4 is 11.4 Å². The first-order chi connectivity index (χ1) is 12.8. The number of benzene rings is 2. The van der Waals surface area contributed by atoms with E-state index in [0.29, 0.717) is 11.4 Å². The van der Waals surface area contributed by atoms with Crippen LogP contribution in [0.5, 0.6) is 0 Å². The van der Waals surface area contributed by atoms with E-state index in [2.05, 4.69) is 34.3 Å². The number of hydrogen-bond donors (Lipinski definition) is 0. The van der Waals surface area contributed by atoms with Crippen LogP contribution in [0.4, 0.5) is 0 Å². The fourth-order valence-electron chi connectivity index (χ4n) is 4.55. The molecule has 4 aliphatic rings. The predicted molar refractivity (Wildman–Crippen MR) is 98.8 cm³/mol. The van der Waals surface area contributed by atoms with Crippen molar-refractivity contribution in [1.82, 2.24) is 0 Å². The van der Waals surface area contributed by atoms with Gasteiger partial charge >= 0.3 is 0 Å². The summed E-state index contributed by atoms with van der Waals surface area (Å²) >= 11 is 0. The highest BCUT2D eigenvalue weighted by Gasteiger charge is 2.45. The standard InChI is InChI=1S/C22H12N4/c23-11-25-17-9-10-18(26-12-24)22-20-14-6-2-1-5-13(14)19(21(17)22)15-7-3-4-8-16(15)20/h1-10,19-20H. The Labute approximate surface area is 150 Å². The summed E-state index contributed by atoms with van der Waals surface area (Å²) in [6, 6.07) is 16.8. The van der Waals surface area contributed by atoms with Gasteiger partial charge in [-0.05, 0) is 45.6 Å². The summed E-state index contributed by atoms with van der Waals surface area (Å²) in [6.45, 7) is 0. The molecular formula is C22H12N4. The first-order valence-corrected chi connectivity index (χ1v) is 8.39. The number of nitriles is 2. The molecule has 2 aromatic carbocycles. The van der Waals surface area contributed by atoms with Gasteiger partial charge < -0.3 is 0 Å². The largest absolute Gasteiger partial charge is 0.206 e. The molecule has 0 N–H and O–H groups in total. The maximum absolute atomic E-state index is 9.16. The summed E-state index contributed by atoms with van der Waals surface area (Å²) in [5, 5.41) is 18.3. The molecule has 0 atom stereocenters. The molecule has 0 amide bonds. The van der Waals surface area contributed by atoms with Gasteiger partial charge in [-0.25, -0.2) is 0 Å². The van der Waals surface area contributed by atoms with E-state index in [1.165, 1.54) is 22.3 Å². The van der Waals surface area contributed by atoms with Gasteiger partial charge in [0.2, 0.25) is 12.4 Å². The van der Waals surface area contributed by atoms with Crippen LogP contribution in [0, 0.1) is 22.9 Å². The van der Waals surface area contributed by atoms with E-state index in [1.54, 1.807) is 12.2 Å². The van der Waals surface area contributed by atoms with E-state index in [1.807, 2.05) is 36.7 Å². The Hall–Kier alpha value is -3.76. The molecule has 0 radical (unpaired) electrons. The molecule has 0 aliphatic heterocycles. The van der Waals surface area contributed by atoms with Crippen molar-refractivity contribution in [3.05, 3.63) is 94.1 Å². The minimum absolute atomic E-state index is 0.00310. The molecule has 2 bridgehead atoms. The fraction of sp³-hybridized carbons (Fsp3) is 0.0909. The van der Waals surface area contributed by atoms with Gasteiger partial charge in [0.05, 0.1) is 11.4 Å². The Morgan fingerprint density at radius 1 is 0.615 bits per heavy atom. The zero-order valence-electron chi connectivity index (χ0n) is 13.7. The summed E-state index contributed by atoms with van der Waals surface area (Å²) in [5.74, 6) is 0.00619. The Morgan fingerprint density at radius 2 is 0.962 bits per heavy atom. The molecular weight excluding hydrogens is 320 g/mol. The Bertz CT molecular complexity index is 1030. The third kappa shape index (κ3) is 1.76. The summed E-state index contributed by atoms with van der Waals surface area (Å²) in [7, 11) is 0. The number of hydrogen-bond acceptors (Lipinski definition) is 4. The van der Waals surface area contributed by atoms with Gasteiger partial charge in [-0.3, -0.25) is 0 Å². The van der Waals surface area contributed by atoms with Gasteiger partial charge in [-0.1, -0.05) is 48.5 Å². The second-order valence-electron chi connectivity index (χ2n) is 6.48. The Morgan fingerprint density at radius 3 is 1.27 bits per heavy atom. The van der Waals surface area contributed by atoms with Crippen molar-refractivity contribution in [1.29, 1.82) is 10.5 Å². The van der Waals surface area contributed by atoms with E-state index < -0.39 is 0 Å². The summed E-state index contributed by atoms with van der Waals surface area (Å²) < 4.78 is 0. The van der Waals surface area contributed by atoms with Gasteiger partial charge in [0.15, 0.2) is 0 Å². The molecule has 0 aromatic heterocycles. The fourth-order valence-corrected chi connectivity index (χ4v) is 4.55. The quantitative estimate of drug-likeness (QED) is 0.540. The molecule has 2 aromatic rings. The highest BCUT2D eigenvalue weighted by Crippen LogP contribution is 2.56. The molecule has 0 saturated carbocycles. The van der Waals surface area contributed by atoms with Crippen molar-refractivity contribution in [2.45, 2.75) is 11.8 Å². The van der Waals surface area contributed by atoms with Crippen LogP contribution in [0.25, 0.3) is 0 Å². The molecule has 6 rings (SSSR count). The molecule has 0 unspecified atom stereocenters. The molecule has 0 fully saturated rings. The molecule has 120 valence electrons. The lowest BCUT2D eigenvalue weighted by molar-refractivity contribution is 0.772. The zero-order valence-corrected chi connectivity index (χ0v) is 13.7. The second kappa shape index (κ2) is 5.37. The highest BCUT2D eigenvalue weighted by atomic mass is 14.8. The van der Waals surface area contributed by atoms with Crippen LogP contribution in [0.2, 0.25) is 0 Å². The van der Waals surface area contributed by atoms with Crippen molar-refractivity contribution in [3.63, 3.8) is 0 Å². The van der Waals surface area contributed by atoms with E-state index in [-0.39, 0.29) is 11.8 Å². The van der Waals surface area contributed by atoms with E-state index in [0.717, 1.165) is 11.1 Å². The van der Waals surface area contributed by atoms with Crippen LogP contribution in [-0.2, 0) is 0 Å². The van der Waals surface area contributed by atoms with Crippen LogP contribution in [0.15, 0.2) is 81.8 Å². The average Bonchev–Trinajstić information content (AvgIpc) is 2.69. The molecule has 0 spiro atoms. The van der Waals surface area contributed by atoms with Gasteiger partial charge in [0.25, 0.3) is 0 Å². The van der Waals surface area contributed by atoms with Gasteiger partial charge in [0.1, 0.15) is 0 Å². The molecule has 0 heterocycles. The lowest BCUT2D eigenvalue weighted by atomic mass is 9.58. The smallest absolute Gasteiger partial charge is 0.173 e. The second-order valence-corrected chi connectivity index (χ2v) is 6.48. The Balaban J connectivity index is 1.90. The molecule has 4 aliphatic carbocycles. The average molecular weight is 332 g/mol. The highest BCUT2D eigenvalue weighted by molar-refractivity contribution is 6.26. The normalized spacial score (nSPS) is 24.7. The maximum Gasteiger partial charge on any atom is 0.206 e. The summed E-state index contributed by atoms with van der Waals surface area (Å²) in [5.41, 5.74) is 8.31. The molecule has 26 heavy (non-hydrogen) atoms. The zero-order chi connectivity index (χ0) is 17.7. The minimum Gasteiger partial charge on any atom is -0.173 e. The van der Waals surface area contributed by atoms with Crippen molar-refractivity contribution in [3.8, 4) is 12.4 Å². The lowest BCUT2D eigenvalue weighted by Gasteiger charge is -2.44. The number of rotatable bonds is 0. The van der Waals surface area contributed by atoms with Crippen LogP contribution in [0.3, 0.4) is 0 Å². The maximum atomic E-state index is 9.16. The summed E-state index contributed by atoms with van der Waals surface area (Å²) in [4.78, 5) is 8.13. The first-order valence-electron chi connectivity index (χ1n) is 8.39. The predicted octanol–water partition coefficient (Wildman–Crippen LogP) is 3.99. The van der Waals surface area contributed by atoms with Crippen molar-refractivity contribution < 1.29 is 0 Å². The third-order valence-electron chi connectivity index (χ3n) is 5.40. The number of aliphatic imine (C=N–C) groups is 2. The topological polar surface area (TPSA) is 72.3 Å². The molecule has 4 heteroatoms. The van der Waals surface area contributed by atoms with Gasteiger partial charge in [-0.15, -0.1) is 0 Å². The van der Waals surface area contributed by atoms with E-state index >= 15 is 0 Å². The molecule has 0 saturated heterocycles. The first kappa shape index (κ1) is 14.6. The van der Waals surface area contributed by atoms with Crippen LogP contribution >= 0.6 is 0 Å². The number of allylic oxidation sites excluding steroid dienone is 4. The SMILES string of the molecule is N#CN=C1C=CC(=NC#N)C2=C1C1c3ccccc3C2c2ccccc21. The minimum atomic E-state index is 0.00310. The monoisotopic (exact) mass is 332 g/mol. The molecule has 4 nitrogen and oxygen atoms in total. The van der Waals surface area contributed by atoms with Gasteiger partial charge in [-0.2, -0.15) is 20.5 Å². The van der Waals surface area contributed by atoms with Crippen molar-refractivity contribution in [2.24, 2.45) is 9.98 Å². The summed E-state index contributed by atoms with van der Waals surface area (Å²) in [6.07, 6.45) is 7.44.